The second-order valence-corrected chi connectivity index (χ2v) is 4.84. The molecule has 0 nitrogen and oxygen atoms in total. The van der Waals surface area contributed by atoms with E-state index in [1.165, 1.54) is 29.3 Å². The van der Waals surface area contributed by atoms with Gasteiger partial charge >= 0.3 is 0 Å². The predicted octanol–water partition coefficient (Wildman–Crippen LogP) is 3.89. The van der Waals surface area contributed by atoms with E-state index in [4.69, 9.17) is 0 Å². The van der Waals surface area contributed by atoms with Gasteiger partial charge in [-0.2, -0.15) is 0 Å². The summed E-state index contributed by atoms with van der Waals surface area (Å²) in [5.41, 5.74) is 1.98. The molecule has 1 aliphatic rings. The Labute approximate surface area is 82.1 Å². The van der Waals surface area contributed by atoms with Crippen molar-refractivity contribution in [3.8, 4) is 0 Å². The fourth-order valence-corrected chi connectivity index (χ4v) is 2.11. The lowest BCUT2D eigenvalue weighted by Gasteiger charge is -2.39. The first-order chi connectivity index (χ1) is 5.71. The van der Waals surface area contributed by atoms with Crippen molar-refractivity contribution >= 4 is 15.9 Å². The average Bonchev–Trinajstić information content (AvgIpc) is 2.02. The van der Waals surface area contributed by atoms with Crippen LogP contribution < -0.4 is 0 Å². The Kier molecular flexibility index (Phi) is 1.99. The first-order valence-corrected chi connectivity index (χ1v) is 5.26. The molecule has 1 aromatic rings. The van der Waals surface area contributed by atoms with Gasteiger partial charge in [0.05, 0.1) is 0 Å². The zero-order valence-electron chi connectivity index (χ0n) is 7.31. The minimum atomic E-state index is 0.487. The van der Waals surface area contributed by atoms with Gasteiger partial charge in [0.2, 0.25) is 0 Å². The second-order valence-electron chi connectivity index (χ2n) is 3.92. The molecule has 64 valence electrons. The van der Waals surface area contributed by atoms with Crippen molar-refractivity contribution in [3.63, 3.8) is 0 Å². The molecule has 1 fully saturated rings. The van der Waals surface area contributed by atoms with Crippen LogP contribution in [0.2, 0.25) is 0 Å². The molecule has 12 heavy (non-hydrogen) atoms. The van der Waals surface area contributed by atoms with Crippen LogP contribution in [-0.2, 0) is 5.41 Å². The summed E-state index contributed by atoms with van der Waals surface area (Å²) in [6.07, 6.45) is 4.11. The van der Waals surface area contributed by atoms with Crippen LogP contribution in [-0.4, -0.2) is 0 Å². The van der Waals surface area contributed by atoms with Gasteiger partial charge in [-0.1, -0.05) is 41.4 Å². The molecule has 0 saturated heterocycles. The third kappa shape index (κ3) is 1.31. The Balaban J connectivity index is 2.28. The van der Waals surface area contributed by atoms with E-state index in [-0.39, 0.29) is 0 Å². The lowest BCUT2D eigenvalue weighted by Crippen LogP contribution is -2.30. The van der Waals surface area contributed by atoms with E-state index in [1.807, 2.05) is 0 Å². The maximum absolute atomic E-state index is 3.45. The largest absolute Gasteiger partial charge is 0.0574 e. The van der Waals surface area contributed by atoms with Crippen LogP contribution in [0.4, 0.5) is 0 Å². The van der Waals surface area contributed by atoms with Gasteiger partial charge in [-0.15, -0.1) is 0 Å². The molecule has 0 aromatic heterocycles. The quantitative estimate of drug-likeness (QED) is 0.680. The van der Waals surface area contributed by atoms with Crippen LogP contribution in [0, 0.1) is 0 Å². The van der Waals surface area contributed by atoms with Gasteiger partial charge in [-0.05, 0) is 36.0 Å². The molecule has 1 heteroatoms. The molecule has 0 heterocycles. The van der Waals surface area contributed by atoms with Gasteiger partial charge in [0.1, 0.15) is 0 Å². The van der Waals surface area contributed by atoms with Crippen LogP contribution in [0.25, 0.3) is 0 Å². The summed E-state index contributed by atoms with van der Waals surface area (Å²) in [4.78, 5) is 0. The highest BCUT2D eigenvalue weighted by Crippen LogP contribution is 2.43. The zero-order valence-corrected chi connectivity index (χ0v) is 8.89. The van der Waals surface area contributed by atoms with E-state index < -0.39 is 0 Å². The summed E-state index contributed by atoms with van der Waals surface area (Å²) in [6, 6.07) is 8.75. The Morgan fingerprint density at radius 3 is 2.17 bits per heavy atom. The second kappa shape index (κ2) is 2.88. The van der Waals surface area contributed by atoms with E-state index in [0.29, 0.717) is 5.41 Å². The molecular weight excluding hydrogens is 212 g/mol. The summed E-state index contributed by atoms with van der Waals surface area (Å²) in [5, 5.41) is 0. The van der Waals surface area contributed by atoms with Crippen molar-refractivity contribution < 1.29 is 0 Å². The minimum absolute atomic E-state index is 0.487. The fraction of sp³-hybridized carbons (Fsp3) is 0.455. The smallest absolute Gasteiger partial charge is 0.0175 e. The molecule has 0 radical (unpaired) electrons. The highest BCUT2D eigenvalue weighted by molar-refractivity contribution is 9.10. The van der Waals surface area contributed by atoms with Crippen LogP contribution >= 0.6 is 15.9 Å². The molecular formula is C11H13Br. The third-order valence-electron chi connectivity index (χ3n) is 3.00. The van der Waals surface area contributed by atoms with Crippen LogP contribution in [0.5, 0.6) is 0 Å². The van der Waals surface area contributed by atoms with Gasteiger partial charge in [0, 0.05) is 4.47 Å². The first-order valence-electron chi connectivity index (χ1n) is 4.47. The molecule has 0 amide bonds. The maximum Gasteiger partial charge on any atom is 0.0175 e. The number of hydrogen-bond acceptors (Lipinski definition) is 0. The molecule has 2 rings (SSSR count). The summed E-state index contributed by atoms with van der Waals surface area (Å²) >= 11 is 3.45. The predicted molar refractivity (Wildman–Crippen MR) is 55.3 cm³/mol. The molecule has 0 N–H and O–H groups in total. The molecule has 0 atom stereocenters. The highest BCUT2D eigenvalue weighted by Gasteiger charge is 2.33. The third-order valence-corrected chi connectivity index (χ3v) is 3.53. The van der Waals surface area contributed by atoms with E-state index in [1.54, 1.807) is 0 Å². The zero-order chi connectivity index (χ0) is 8.60. The molecule has 1 aliphatic carbocycles. The van der Waals surface area contributed by atoms with E-state index in [2.05, 4.69) is 47.1 Å². The van der Waals surface area contributed by atoms with Gasteiger partial charge in [-0.25, -0.2) is 0 Å². The normalized spacial score (nSPS) is 20.2. The lowest BCUT2D eigenvalue weighted by molar-refractivity contribution is 0.272. The van der Waals surface area contributed by atoms with Crippen molar-refractivity contribution in [1.29, 1.82) is 0 Å². The molecule has 1 aromatic carbocycles. The molecule has 0 bridgehead atoms. The van der Waals surface area contributed by atoms with E-state index >= 15 is 0 Å². The summed E-state index contributed by atoms with van der Waals surface area (Å²) in [6.45, 7) is 2.36. The average molecular weight is 225 g/mol. The van der Waals surface area contributed by atoms with Crippen LogP contribution in [0.1, 0.15) is 31.7 Å². The van der Waals surface area contributed by atoms with Crippen molar-refractivity contribution in [2.24, 2.45) is 0 Å². The summed E-state index contributed by atoms with van der Waals surface area (Å²) in [5.74, 6) is 0. The van der Waals surface area contributed by atoms with Crippen molar-refractivity contribution in [2.75, 3.05) is 0 Å². The SMILES string of the molecule is CC1(c2ccc(Br)cc2)CCC1. The minimum Gasteiger partial charge on any atom is -0.0574 e. The summed E-state index contributed by atoms with van der Waals surface area (Å²) in [7, 11) is 0. The van der Waals surface area contributed by atoms with Crippen molar-refractivity contribution in [2.45, 2.75) is 31.6 Å². The Hall–Kier alpha value is -0.300. The van der Waals surface area contributed by atoms with Crippen LogP contribution in [0.3, 0.4) is 0 Å². The maximum atomic E-state index is 3.45. The lowest BCUT2D eigenvalue weighted by atomic mass is 9.66. The topological polar surface area (TPSA) is 0 Å². The number of halogens is 1. The standard InChI is InChI=1S/C11H13Br/c1-11(7-2-8-11)9-3-5-10(12)6-4-9/h3-6H,2,7-8H2,1H3. The number of benzene rings is 1. The van der Waals surface area contributed by atoms with Gasteiger partial charge in [0.15, 0.2) is 0 Å². The first kappa shape index (κ1) is 8.31. The summed E-state index contributed by atoms with van der Waals surface area (Å²) < 4.78 is 1.18. The van der Waals surface area contributed by atoms with Crippen molar-refractivity contribution in [1.82, 2.24) is 0 Å². The monoisotopic (exact) mass is 224 g/mol. The fourth-order valence-electron chi connectivity index (χ4n) is 1.85. The van der Waals surface area contributed by atoms with Gasteiger partial charge in [-0.3, -0.25) is 0 Å². The molecule has 1 saturated carbocycles. The van der Waals surface area contributed by atoms with Crippen molar-refractivity contribution in [3.05, 3.63) is 34.3 Å². The Morgan fingerprint density at radius 2 is 1.75 bits per heavy atom. The molecule has 0 unspecified atom stereocenters. The van der Waals surface area contributed by atoms with E-state index in [0.717, 1.165) is 0 Å². The number of rotatable bonds is 1. The Morgan fingerprint density at radius 1 is 1.17 bits per heavy atom. The van der Waals surface area contributed by atoms with Gasteiger partial charge < -0.3 is 0 Å². The molecule has 0 spiro atoms. The highest BCUT2D eigenvalue weighted by atomic mass is 79.9. The number of hydrogen-bond donors (Lipinski definition) is 0. The Bertz CT molecular complexity index is 270. The van der Waals surface area contributed by atoms with E-state index in [9.17, 15) is 0 Å². The van der Waals surface area contributed by atoms with Crippen LogP contribution in [0.15, 0.2) is 28.7 Å². The van der Waals surface area contributed by atoms with Gasteiger partial charge in [0.25, 0.3) is 0 Å². The molecule has 0 aliphatic heterocycles.